The molecule has 4 rings (SSSR count). The first-order valence-corrected chi connectivity index (χ1v) is 10.2. The second kappa shape index (κ2) is 8.69. The molecule has 4 heterocycles. The van der Waals surface area contributed by atoms with Gasteiger partial charge in [-0.15, -0.1) is 0 Å². The Hall–Kier alpha value is -3.52. The van der Waals surface area contributed by atoms with Gasteiger partial charge in [0.25, 0.3) is 0 Å². The monoisotopic (exact) mass is 436 g/mol. The molecule has 0 aromatic carbocycles. The van der Waals surface area contributed by atoms with Crippen LogP contribution in [0.15, 0.2) is 55.5 Å². The highest BCUT2D eigenvalue weighted by Crippen LogP contribution is 2.31. The van der Waals surface area contributed by atoms with Crippen LogP contribution in [0.1, 0.15) is 18.5 Å². The minimum atomic E-state index is -0.333. The zero-order valence-corrected chi connectivity index (χ0v) is 17.7. The van der Waals surface area contributed by atoms with Crippen molar-refractivity contribution in [3.63, 3.8) is 0 Å². The van der Waals surface area contributed by atoms with Gasteiger partial charge < -0.3 is 14.8 Å². The maximum atomic E-state index is 12.3. The summed E-state index contributed by atoms with van der Waals surface area (Å²) in [6.07, 6.45) is 6.37. The summed E-state index contributed by atoms with van der Waals surface area (Å²) in [5.41, 5.74) is 2.95. The van der Waals surface area contributed by atoms with Gasteiger partial charge in [-0.05, 0) is 35.9 Å². The molecule has 2 amide bonds. The normalized spacial score (nSPS) is 16.3. The maximum absolute atomic E-state index is 12.3. The summed E-state index contributed by atoms with van der Waals surface area (Å²) in [6, 6.07) is 7.02. The lowest BCUT2D eigenvalue weighted by Crippen LogP contribution is -2.51. The molecule has 1 atom stereocenters. The van der Waals surface area contributed by atoms with E-state index in [1.165, 1.54) is 13.0 Å². The molecule has 158 valence electrons. The predicted molar refractivity (Wildman–Crippen MR) is 117 cm³/mol. The molecule has 1 saturated heterocycles. The molecule has 0 spiro atoms. The molecule has 0 saturated carbocycles. The molecule has 1 aliphatic rings. The Labute approximate surface area is 184 Å². The lowest BCUT2D eigenvalue weighted by Gasteiger charge is -2.41. The van der Waals surface area contributed by atoms with Gasteiger partial charge in [-0.3, -0.25) is 14.6 Å². The van der Waals surface area contributed by atoms with Gasteiger partial charge in [-0.25, -0.2) is 9.97 Å². The zero-order valence-electron chi connectivity index (χ0n) is 17.0. The predicted octanol–water partition coefficient (Wildman–Crippen LogP) is 3.10. The van der Waals surface area contributed by atoms with Crippen molar-refractivity contribution in [1.29, 1.82) is 0 Å². The minimum Gasteiger partial charge on any atom is -0.343 e. The fourth-order valence-corrected chi connectivity index (χ4v) is 3.97. The van der Waals surface area contributed by atoms with Gasteiger partial charge in [0.2, 0.25) is 11.8 Å². The van der Waals surface area contributed by atoms with E-state index in [0.717, 1.165) is 11.1 Å². The number of nitrogens with one attached hydrogen (secondary N) is 1. The molecule has 3 aromatic heterocycles. The largest absolute Gasteiger partial charge is 0.343 e. The number of aromatic nitrogens is 4. The Morgan fingerprint density at radius 2 is 2.03 bits per heavy atom. The van der Waals surface area contributed by atoms with Crippen LogP contribution in [-0.2, 0) is 9.59 Å². The van der Waals surface area contributed by atoms with Crippen LogP contribution < -0.4 is 0 Å². The molecule has 1 aliphatic heterocycles. The SMILES string of the molecule is C=CC(=O)N1CCN(C(C)=O)[C@H](c2cc(Cl)nc(-c3ccnc(-c4ncc[nH]4)c3)c2)C1. The highest BCUT2D eigenvalue weighted by atomic mass is 35.5. The molecule has 9 heteroatoms. The summed E-state index contributed by atoms with van der Waals surface area (Å²) in [4.78, 5) is 44.0. The van der Waals surface area contributed by atoms with Gasteiger partial charge >= 0.3 is 0 Å². The first-order valence-electron chi connectivity index (χ1n) is 9.78. The fraction of sp³-hybridized carbons (Fsp3) is 0.227. The van der Waals surface area contributed by atoms with Crippen molar-refractivity contribution in [2.75, 3.05) is 19.6 Å². The smallest absolute Gasteiger partial charge is 0.246 e. The van der Waals surface area contributed by atoms with Gasteiger partial charge in [0, 0.05) is 50.7 Å². The van der Waals surface area contributed by atoms with Crippen LogP contribution >= 0.6 is 11.6 Å². The van der Waals surface area contributed by atoms with Crippen LogP contribution in [-0.4, -0.2) is 61.2 Å². The van der Waals surface area contributed by atoms with Crippen molar-refractivity contribution in [1.82, 2.24) is 29.7 Å². The van der Waals surface area contributed by atoms with Crippen molar-refractivity contribution in [3.8, 4) is 22.8 Å². The standard InChI is InChI=1S/C22H21ClN6O2/c1-3-21(31)28-8-9-29(14(2)30)19(13-28)16-11-17(27-20(23)12-16)15-4-5-24-18(10-15)22-25-6-7-26-22/h3-7,10-12,19H,1,8-9,13H2,2H3,(H,25,26)/t19-/m0/s1. The minimum absolute atomic E-state index is 0.0609. The summed E-state index contributed by atoms with van der Waals surface area (Å²) in [7, 11) is 0. The highest BCUT2D eigenvalue weighted by molar-refractivity contribution is 6.29. The molecule has 0 unspecified atom stereocenters. The van der Waals surface area contributed by atoms with Crippen LogP contribution in [0.25, 0.3) is 22.8 Å². The van der Waals surface area contributed by atoms with Crippen LogP contribution in [0.3, 0.4) is 0 Å². The van der Waals surface area contributed by atoms with Crippen molar-refractivity contribution in [2.45, 2.75) is 13.0 Å². The average molecular weight is 437 g/mol. The van der Waals surface area contributed by atoms with E-state index in [9.17, 15) is 9.59 Å². The van der Waals surface area contributed by atoms with Crippen LogP contribution in [0.2, 0.25) is 5.15 Å². The fourth-order valence-electron chi connectivity index (χ4n) is 3.76. The molecule has 31 heavy (non-hydrogen) atoms. The Balaban J connectivity index is 1.73. The van der Waals surface area contributed by atoms with E-state index in [1.54, 1.807) is 34.5 Å². The van der Waals surface area contributed by atoms with Crippen LogP contribution in [0.5, 0.6) is 0 Å². The number of piperazine rings is 1. The van der Waals surface area contributed by atoms with Crippen LogP contribution in [0, 0.1) is 0 Å². The number of imidazole rings is 1. The number of carbonyl (C=O) groups excluding carboxylic acids is 2. The van der Waals surface area contributed by atoms with E-state index in [4.69, 9.17) is 11.6 Å². The van der Waals surface area contributed by atoms with Gasteiger partial charge in [-0.2, -0.15) is 0 Å². The van der Waals surface area contributed by atoms with Crippen molar-refractivity contribution in [2.24, 2.45) is 0 Å². The van der Waals surface area contributed by atoms with E-state index in [1.807, 2.05) is 18.2 Å². The number of H-pyrrole nitrogens is 1. The van der Waals surface area contributed by atoms with Crippen molar-refractivity contribution in [3.05, 3.63) is 66.2 Å². The number of halogens is 1. The Morgan fingerprint density at radius 3 is 2.74 bits per heavy atom. The number of nitrogens with zero attached hydrogens (tertiary/aromatic N) is 5. The Morgan fingerprint density at radius 1 is 1.19 bits per heavy atom. The molecule has 1 fully saturated rings. The third-order valence-corrected chi connectivity index (χ3v) is 5.46. The number of amides is 2. The zero-order chi connectivity index (χ0) is 22.0. The first kappa shape index (κ1) is 20.7. The number of hydrogen-bond donors (Lipinski definition) is 1. The lowest BCUT2D eigenvalue weighted by atomic mass is 10.0. The molecule has 0 aliphatic carbocycles. The van der Waals surface area contributed by atoms with Crippen LogP contribution in [0.4, 0.5) is 0 Å². The molecule has 0 bridgehead atoms. The molecule has 1 N–H and O–H groups in total. The summed E-state index contributed by atoms with van der Waals surface area (Å²) in [6.45, 7) is 6.35. The maximum Gasteiger partial charge on any atom is 0.246 e. The second-order valence-corrected chi connectivity index (χ2v) is 7.58. The van der Waals surface area contributed by atoms with E-state index in [-0.39, 0.29) is 17.9 Å². The van der Waals surface area contributed by atoms with Gasteiger partial charge in [0.15, 0.2) is 5.82 Å². The number of aromatic amines is 1. The van der Waals surface area contributed by atoms with Gasteiger partial charge in [-0.1, -0.05) is 18.2 Å². The Kier molecular flexibility index (Phi) is 5.81. The number of pyridine rings is 2. The molecular weight excluding hydrogens is 416 g/mol. The van der Waals surface area contributed by atoms with Crippen molar-refractivity contribution < 1.29 is 9.59 Å². The molecule has 8 nitrogen and oxygen atoms in total. The highest BCUT2D eigenvalue weighted by Gasteiger charge is 2.32. The quantitative estimate of drug-likeness (QED) is 0.501. The molecule has 3 aromatic rings. The number of rotatable bonds is 4. The van der Waals surface area contributed by atoms with E-state index in [2.05, 4.69) is 26.5 Å². The van der Waals surface area contributed by atoms with Crippen molar-refractivity contribution >= 4 is 23.4 Å². The number of carbonyl (C=O) groups is 2. The molecule has 0 radical (unpaired) electrons. The lowest BCUT2D eigenvalue weighted by molar-refractivity contribution is -0.139. The van der Waals surface area contributed by atoms with E-state index < -0.39 is 0 Å². The third-order valence-electron chi connectivity index (χ3n) is 5.27. The summed E-state index contributed by atoms with van der Waals surface area (Å²) >= 11 is 6.37. The average Bonchev–Trinajstić information content (AvgIpc) is 3.33. The number of hydrogen-bond acceptors (Lipinski definition) is 5. The van der Waals surface area contributed by atoms with Gasteiger partial charge in [0.1, 0.15) is 10.8 Å². The van der Waals surface area contributed by atoms with Gasteiger partial charge in [0.05, 0.1) is 11.7 Å². The topological polar surface area (TPSA) is 95.1 Å². The summed E-state index contributed by atoms with van der Waals surface area (Å²) in [5, 5.41) is 0.305. The Bertz CT molecular complexity index is 1130. The third kappa shape index (κ3) is 4.34. The summed E-state index contributed by atoms with van der Waals surface area (Å²) < 4.78 is 0. The molecular formula is C22H21ClN6O2. The first-order chi connectivity index (χ1) is 15.0. The second-order valence-electron chi connectivity index (χ2n) is 7.19. The van der Waals surface area contributed by atoms with E-state index >= 15 is 0 Å². The summed E-state index contributed by atoms with van der Waals surface area (Å²) in [5.74, 6) is 0.428. The van der Waals surface area contributed by atoms with E-state index in [0.29, 0.717) is 42.0 Å².